The van der Waals surface area contributed by atoms with Crippen LogP contribution in [0.5, 0.6) is 0 Å². The Morgan fingerprint density at radius 1 is 1.29 bits per heavy atom. The second-order valence-corrected chi connectivity index (χ2v) is 2.97. The molecule has 5 nitrogen and oxygen atoms in total. The van der Waals surface area contributed by atoms with Gasteiger partial charge in [0.1, 0.15) is 0 Å². The first-order valence-electron chi connectivity index (χ1n) is 5.04. The van der Waals surface area contributed by atoms with E-state index in [-0.39, 0.29) is 0 Å². The van der Waals surface area contributed by atoms with E-state index in [2.05, 4.69) is 15.4 Å². The van der Waals surface area contributed by atoms with Crippen molar-refractivity contribution >= 4 is 6.16 Å². The molecule has 0 bridgehead atoms. The summed E-state index contributed by atoms with van der Waals surface area (Å²) in [7, 11) is 0. The fourth-order valence-corrected chi connectivity index (χ4v) is 0.907. The number of rotatable bonds is 3. The molecule has 0 atom stereocenters. The van der Waals surface area contributed by atoms with Gasteiger partial charge in [-0.2, -0.15) is 0 Å². The number of unbranched alkanes of at least 4 members (excludes halogenated alkanes) is 1. The van der Waals surface area contributed by atoms with Crippen LogP contribution < -0.4 is 10.6 Å². The Balaban J connectivity index is 0.000000249. The van der Waals surface area contributed by atoms with Gasteiger partial charge in [-0.1, -0.05) is 13.3 Å². The van der Waals surface area contributed by atoms with Gasteiger partial charge in [-0.15, -0.1) is 0 Å². The van der Waals surface area contributed by atoms with E-state index in [0.717, 1.165) is 39.0 Å². The van der Waals surface area contributed by atoms with Gasteiger partial charge in [-0.05, 0) is 6.42 Å². The lowest BCUT2D eigenvalue weighted by Crippen LogP contribution is -2.39. The van der Waals surface area contributed by atoms with Crippen molar-refractivity contribution in [2.24, 2.45) is 0 Å². The molecule has 1 aliphatic heterocycles. The lowest BCUT2D eigenvalue weighted by Gasteiger charge is -2.11. The van der Waals surface area contributed by atoms with Crippen LogP contribution in [0.25, 0.3) is 0 Å². The molecule has 1 fully saturated rings. The Labute approximate surface area is 84.8 Å². The van der Waals surface area contributed by atoms with Gasteiger partial charge >= 0.3 is 6.16 Å². The van der Waals surface area contributed by atoms with Gasteiger partial charge in [0.2, 0.25) is 0 Å². The summed E-state index contributed by atoms with van der Waals surface area (Å²) in [4.78, 5) is 9.65. The SMILES string of the molecule is C1CNCCN1.CCCCOC(=O)O. The number of carbonyl (C=O) groups is 1. The summed E-state index contributed by atoms with van der Waals surface area (Å²) in [6, 6.07) is 0. The van der Waals surface area contributed by atoms with E-state index >= 15 is 0 Å². The summed E-state index contributed by atoms with van der Waals surface area (Å²) in [6.45, 7) is 6.86. The molecule has 0 aliphatic carbocycles. The Morgan fingerprint density at radius 3 is 2.07 bits per heavy atom. The summed E-state index contributed by atoms with van der Waals surface area (Å²) < 4.78 is 4.20. The van der Waals surface area contributed by atoms with Crippen LogP contribution in [0, 0.1) is 0 Å². The van der Waals surface area contributed by atoms with E-state index in [1.165, 1.54) is 0 Å². The molecule has 14 heavy (non-hydrogen) atoms. The van der Waals surface area contributed by atoms with Crippen LogP contribution >= 0.6 is 0 Å². The quantitative estimate of drug-likeness (QED) is 0.465. The molecule has 0 aromatic rings. The van der Waals surface area contributed by atoms with Crippen LogP contribution in [0.1, 0.15) is 19.8 Å². The van der Waals surface area contributed by atoms with Crippen molar-refractivity contribution in [3.8, 4) is 0 Å². The van der Waals surface area contributed by atoms with E-state index in [9.17, 15) is 4.79 Å². The van der Waals surface area contributed by atoms with E-state index in [1.54, 1.807) is 0 Å². The van der Waals surface area contributed by atoms with Gasteiger partial charge in [0.25, 0.3) is 0 Å². The smallest absolute Gasteiger partial charge is 0.450 e. The molecule has 0 unspecified atom stereocenters. The minimum absolute atomic E-state index is 0.325. The van der Waals surface area contributed by atoms with E-state index in [0.29, 0.717) is 6.61 Å². The number of hydrogen-bond donors (Lipinski definition) is 3. The van der Waals surface area contributed by atoms with Crippen LogP contribution in [-0.2, 0) is 4.74 Å². The summed E-state index contributed by atoms with van der Waals surface area (Å²) >= 11 is 0. The van der Waals surface area contributed by atoms with Crippen LogP contribution in [0.2, 0.25) is 0 Å². The maximum Gasteiger partial charge on any atom is 0.505 e. The molecule has 0 aromatic heterocycles. The minimum atomic E-state index is -1.18. The van der Waals surface area contributed by atoms with Crippen molar-refractivity contribution < 1.29 is 14.6 Å². The monoisotopic (exact) mass is 204 g/mol. The van der Waals surface area contributed by atoms with Crippen LogP contribution in [0.4, 0.5) is 4.79 Å². The molecule has 1 aliphatic rings. The predicted octanol–water partition coefficient (Wildman–Crippen LogP) is 0.660. The molecular formula is C9H20N2O3. The summed E-state index contributed by atoms with van der Waals surface area (Å²) in [6.07, 6.45) is 0.595. The first kappa shape index (κ1) is 13.2. The largest absolute Gasteiger partial charge is 0.505 e. The third-order valence-corrected chi connectivity index (χ3v) is 1.68. The van der Waals surface area contributed by atoms with Gasteiger partial charge in [0.15, 0.2) is 0 Å². The highest BCUT2D eigenvalue weighted by Gasteiger charge is 1.92. The van der Waals surface area contributed by atoms with Crippen molar-refractivity contribution in [1.29, 1.82) is 0 Å². The first-order valence-corrected chi connectivity index (χ1v) is 5.04. The van der Waals surface area contributed by atoms with Crippen LogP contribution in [-0.4, -0.2) is 44.0 Å². The molecule has 0 saturated carbocycles. The fourth-order valence-electron chi connectivity index (χ4n) is 0.907. The van der Waals surface area contributed by atoms with Crippen molar-refractivity contribution in [3.63, 3.8) is 0 Å². The topological polar surface area (TPSA) is 70.6 Å². The van der Waals surface area contributed by atoms with E-state index in [1.807, 2.05) is 6.92 Å². The molecule has 0 spiro atoms. The average Bonchev–Trinajstić information content (AvgIpc) is 2.21. The van der Waals surface area contributed by atoms with Crippen molar-refractivity contribution in [3.05, 3.63) is 0 Å². The van der Waals surface area contributed by atoms with Gasteiger partial charge in [-0.25, -0.2) is 4.79 Å². The summed E-state index contributed by atoms with van der Waals surface area (Å²) in [5.41, 5.74) is 0. The first-order chi connectivity index (χ1) is 6.77. The maximum absolute atomic E-state index is 9.65. The van der Waals surface area contributed by atoms with Crippen LogP contribution in [0.15, 0.2) is 0 Å². The van der Waals surface area contributed by atoms with Gasteiger partial charge in [0.05, 0.1) is 6.61 Å². The van der Waals surface area contributed by atoms with E-state index < -0.39 is 6.16 Å². The predicted molar refractivity (Wildman–Crippen MR) is 54.6 cm³/mol. The zero-order valence-corrected chi connectivity index (χ0v) is 8.71. The highest BCUT2D eigenvalue weighted by Crippen LogP contribution is 1.86. The molecular weight excluding hydrogens is 184 g/mol. The Kier molecular flexibility index (Phi) is 9.68. The minimum Gasteiger partial charge on any atom is -0.450 e. The van der Waals surface area contributed by atoms with E-state index in [4.69, 9.17) is 5.11 Å². The second-order valence-electron chi connectivity index (χ2n) is 2.97. The maximum atomic E-state index is 9.65. The van der Waals surface area contributed by atoms with Crippen molar-refractivity contribution in [1.82, 2.24) is 10.6 Å². The Morgan fingerprint density at radius 2 is 1.79 bits per heavy atom. The normalized spacial score (nSPS) is 15.2. The second kappa shape index (κ2) is 10.3. The Hall–Kier alpha value is -0.810. The molecule has 0 amide bonds. The lowest BCUT2D eigenvalue weighted by molar-refractivity contribution is 0.0905. The number of hydrogen-bond acceptors (Lipinski definition) is 4. The zero-order chi connectivity index (χ0) is 10.6. The molecule has 84 valence electrons. The summed E-state index contributed by atoms with van der Waals surface area (Å²) in [5, 5.41) is 14.4. The van der Waals surface area contributed by atoms with Gasteiger partial charge in [0, 0.05) is 26.2 Å². The number of nitrogens with one attached hydrogen (secondary N) is 2. The third kappa shape index (κ3) is 11.2. The summed E-state index contributed by atoms with van der Waals surface area (Å²) in [5.74, 6) is 0. The van der Waals surface area contributed by atoms with Crippen LogP contribution in [0.3, 0.4) is 0 Å². The van der Waals surface area contributed by atoms with Crippen molar-refractivity contribution in [2.45, 2.75) is 19.8 Å². The average molecular weight is 204 g/mol. The van der Waals surface area contributed by atoms with Gasteiger partial charge < -0.3 is 20.5 Å². The zero-order valence-electron chi connectivity index (χ0n) is 8.71. The molecule has 3 N–H and O–H groups in total. The standard InChI is InChI=1S/C5H10O3.C4H10N2/c1-2-3-4-8-5(6)7;1-2-6-4-3-5-1/h2-4H2,1H3,(H,6,7);5-6H,1-4H2. The highest BCUT2D eigenvalue weighted by molar-refractivity contribution is 5.56. The molecule has 5 heteroatoms. The third-order valence-electron chi connectivity index (χ3n) is 1.68. The molecule has 1 heterocycles. The lowest BCUT2D eigenvalue weighted by atomic mass is 10.4. The highest BCUT2D eigenvalue weighted by atomic mass is 16.7. The Bertz CT molecular complexity index is 127. The number of ether oxygens (including phenoxy) is 1. The molecule has 0 aromatic carbocycles. The molecule has 0 radical (unpaired) electrons. The fraction of sp³-hybridized carbons (Fsp3) is 0.889. The number of carboxylic acid groups (broad SMARTS) is 1. The number of piperazine rings is 1. The van der Waals surface area contributed by atoms with Crippen molar-refractivity contribution in [2.75, 3.05) is 32.8 Å². The molecule has 1 rings (SSSR count). The van der Waals surface area contributed by atoms with Gasteiger partial charge in [-0.3, -0.25) is 0 Å². The molecule has 1 saturated heterocycles.